The van der Waals surface area contributed by atoms with Gasteiger partial charge in [-0.25, -0.2) is 4.79 Å². The van der Waals surface area contributed by atoms with E-state index in [1.165, 1.54) is 49.0 Å². The Balaban J connectivity index is 1.11. The monoisotopic (exact) mass is 836 g/mol. The van der Waals surface area contributed by atoms with E-state index >= 15 is 0 Å². The van der Waals surface area contributed by atoms with Gasteiger partial charge in [-0.15, -0.1) is 0 Å². The largest absolute Gasteiger partial charge is 0.448 e. The number of carbonyl (C=O) groups excluding carboxylic acids is 3. The van der Waals surface area contributed by atoms with Crippen LogP contribution in [0.15, 0.2) is 127 Å². The summed E-state index contributed by atoms with van der Waals surface area (Å²) >= 11 is 7.07. The number of rotatable bonds is 11. The van der Waals surface area contributed by atoms with Crippen molar-refractivity contribution in [2.45, 2.75) is 101 Å². The van der Waals surface area contributed by atoms with Gasteiger partial charge >= 0.3 is 12.1 Å². The van der Waals surface area contributed by atoms with Gasteiger partial charge in [0.2, 0.25) is 5.91 Å². The lowest BCUT2D eigenvalue weighted by molar-refractivity contribution is -0.157. The first-order valence-electron chi connectivity index (χ1n) is 22.3. The Morgan fingerprint density at radius 3 is 1.85 bits per heavy atom. The molecule has 8 heteroatoms. The first-order chi connectivity index (χ1) is 29.8. The number of amides is 2. The summed E-state index contributed by atoms with van der Waals surface area (Å²) in [5, 5.41) is 0.441. The van der Waals surface area contributed by atoms with E-state index in [4.69, 9.17) is 21.1 Å². The van der Waals surface area contributed by atoms with Gasteiger partial charge in [-0.2, -0.15) is 0 Å². The third-order valence-corrected chi connectivity index (χ3v) is 13.6. The summed E-state index contributed by atoms with van der Waals surface area (Å²) in [6.45, 7) is 1.21. The molecule has 2 aliphatic carbocycles. The molecule has 2 amide bonds. The number of nitrogens with zero attached hydrogens (tertiary/aromatic N) is 2. The van der Waals surface area contributed by atoms with Gasteiger partial charge < -0.3 is 14.4 Å². The molecular formula is C53H57ClN2O5. The molecule has 1 aliphatic heterocycles. The first kappa shape index (κ1) is 42.3. The van der Waals surface area contributed by atoms with Crippen molar-refractivity contribution < 1.29 is 23.9 Å². The highest BCUT2D eigenvalue weighted by Gasteiger charge is 2.44. The van der Waals surface area contributed by atoms with Gasteiger partial charge in [-0.3, -0.25) is 14.5 Å². The molecule has 0 radical (unpaired) electrons. The van der Waals surface area contributed by atoms with Crippen LogP contribution in [-0.4, -0.2) is 60.6 Å². The fourth-order valence-electron chi connectivity index (χ4n) is 9.93. The maximum atomic E-state index is 14.9. The smallest absolute Gasteiger partial charge is 0.410 e. The molecule has 8 rings (SSSR count). The zero-order valence-corrected chi connectivity index (χ0v) is 36.0. The minimum Gasteiger partial charge on any atom is -0.448 e. The third kappa shape index (κ3) is 9.13. The van der Waals surface area contributed by atoms with E-state index in [0.717, 1.165) is 65.5 Å². The number of likely N-dealkylation sites (N-methyl/N-ethyl adjacent to an activating group) is 1. The highest BCUT2D eigenvalue weighted by atomic mass is 35.5. The molecule has 5 aromatic rings. The topological polar surface area (TPSA) is 76.1 Å². The molecule has 1 saturated heterocycles. The zero-order valence-electron chi connectivity index (χ0n) is 35.3. The Morgan fingerprint density at radius 1 is 0.672 bits per heavy atom. The standard InChI is InChI=1S/C53H57ClN2O5/c1-55(52(59)60-37-46-44-26-14-12-24-42(44)43-25-13-15-27-45(43)46)49(51(58)56-34-18-7-19-35-56)36-50(57)61-53(40-22-10-6-11-23-40,47-28-16-17-29-48(47)54)41-32-30-39(31-33-41)38-20-8-4-2-3-5-9-21-38/h6,10-17,22-33,38,46,49H,2-5,7-9,18-21,34-37H2,1H3/t49-,53?/m0/s1. The fraction of sp³-hybridized carbons (Fsp3) is 0.377. The van der Waals surface area contributed by atoms with Crippen LogP contribution in [0.2, 0.25) is 5.02 Å². The molecule has 2 fully saturated rings. The second-order valence-electron chi connectivity index (χ2n) is 17.0. The van der Waals surface area contributed by atoms with Crippen LogP contribution in [0.4, 0.5) is 4.79 Å². The lowest BCUT2D eigenvalue weighted by Gasteiger charge is -2.37. The van der Waals surface area contributed by atoms with Gasteiger partial charge in [0, 0.05) is 47.8 Å². The van der Waals surface area contributed by atoms with E-state index in [9.17, 15) is 14.4 Å². The van der Waals surface area contributed by atoms with Crippen molar-refractivity contribution in [3.05, 3.63) is 166 Å². The highest BCUT2D eigenvalue weighted by molar-refractivity contribution is 6.31. The summed E-state index contributed by atoms with van der Waals surface area (Å²) in [7, 11) is 1.55. The molecular weight excluding hydrogens is 780 g/mol. The van der Waals surface area contributed by atoms with Crippen LogP contribution >= 0.6 is 11.6 Å². The molecule has 2 atom stereocenters. The SMILES string of the molecule is CN(C(=O)OCC1c2ccccc2-c2ccccc21)[C@@H](CC(=O)OC(c1ccccc1)(c1ccc(C2CCCCCCCC2)cc1)c1ccccc1Cl)C(=O)N1CCCCC1. The predicted molar refractivity (Wildman–Crippen MR) is 242 cm³/mol. The maximum absolute atomic E-state index is 14.9. The Bertz CT molecular complexity index is 2230. The number of ether oxygens (including phenoxy) is 2. The lowest BCUT2D eigenvalue weighted by atomic mass is 9.78. The lowest BCUT2D eigenvalue weighted by Crippen LogP contribution is -2.52. The highest BCUT2D eigenvalue weighted by Crippen LogP contribution is 2.46. The Morgan fingerprint density at radius 2 is 1.21 bits per heavy atom. The summed E-state index contributed by atoms with van der Waals surface area (Å²) in [5.74, 6) is -0.625. The van der Waals surface area contributed by atoms with Gasteiger partial charge in [-0.05, 0) is 71.9 Å². The number of esters is 1. The summed E-state index contributed by atoms with van der Waals surface area (Å²) in [6.07, 6.45) is 11.6. The van der Waals surface area contributed by atoms with Crippen molar-refractivity contribution in [3.8, 4) is 11.1 Å². The molecule has 3 aliphatic rings. The molecule has 61 heavy (non-hydrogen) atoms. The van der Waals surface area contributed by atoms with E-state index in [-0.39, 0.29) is 24.9 Å². The average Bonchev–Trinajstić information content (AvgIpc) is 3.70. The second-order valence-corrected chi connectivity index (χ2v) is 17.4. The number of fused-ring (bicyclic) bond motifs is 3. The van der Waals surface area contributed by atoms with E-state index in [0.29, 0.717) is 29.6 Å². The van der Waals surface area contributed by atoms with Crippen LogP contribution in [0.3, 0.4) is 0 Å². The Hall–Kier alpha value is -5.40. The molecule has 1 unspecified atom stereocenters. The Labute approximate surface area is 366 Å². The summed E-state index contributed by atoms with van der Waals surface area (Å²) in [4.78, 5) is 46.5. The predicted octanol–water partition coefficient (Wildman–Crippen LogP) is 12.0. The first-order valence-corrected chi connectivity index (χ1v) is 22.7. The van der Waals surface area contributed by atoms with Crippen LogP contribution in [-0.2, 0) is 24.7 Å². The van der Waals surface area contributed by atoms with E-state index in [1.54, 1.807) is 11.9 Å². The number of halogens is 1. The van der Waals surface area contributed by atoms with Gasteiger partial charge in [0.05, 0.1) is 6.42 Å². The number of carbonyl (C=O) groups is 3. The van der Waals surface area contributed by atoms with Crippen LogP contribution < -0.4 is 0 Å². The van der Waals surface area contributed by atoms with Crippen LogP contribution in [0.5, 0.6) is 0 Å². The van der Waals surface area contributed by atoms with Gasteiger partial charge in [-0.1, -0.05) is 171 Å². The third-order valence-electron chi connectivity index (χ3n) is 13.2. The second kappa shape index (κ2) is 19.5. The molecule has 0 aromatic heterocycles. The number of likely N-dealkylation sites (tertiary alicyclic amines) is 1. The van der Waals surface area contributed by atoms with Gasteiger partial charge in [0.1, 0.15) is 12.6 Å². The normalized spacial score (nSPS) is 17.4. The molecule has 0 N–H and O–H groups in total. The van der Waals surface area contributed by atoms with Crippen molar-refractivity contribution in [1.82, 2.24) is 9.80 Å². The number of piperidine rings is 1. The van der Waals surface area contributed by atoms with Crippen molar-refractivity contribution in [2.75, 3.05) is 26.7 Å². The molecule has 316 valence electrons. The average molecular weight is 838 g/mol. The summed E-state index contributed by atoms with van der Waals surface area (Å²) in [6, 6.07) is 40.8. The van der Waals surface area contributed by atoms with E-state index < -0.39 is 23.7 Å². The molecule has 0 bridgehead atoms. The Kier molecular flexibility index (Phi) is 13.5. The minimum absolute atomic E-state index is 0.0900. The molecule has 1 heterocycles. The van der Waals surface area contributed by atoms with Crippen LogP contribution in [0.1, 0.15) is 122 Å². The van der Waals surface area contributed by atoms with Gasteiger partial charge in [0.15, 0.2) is 5.60 Å². The van der Waals surface area contributed by atoms with E-state index in [2.05, 4.69) is 48.5 Å². The zero-order chi connectivity index (χ0) is 42.2. The molecule has 1 saturated carbocycles. The minimum atomic E-state index is -1.46. The van der Waals surface area contributed by atoms with Crippen LogP contribution in [0, 0.1) is 0 Å². The molecule has 5 aromatic carbocycles. The van der Waals surface area contributed by atoms with Crippen molar-refractivity contribution >= 4 is 29.6 Å². The number of hydrogen-bond donors (Lipinski definition) is 0. The maximum Gasteiger partial charge on any atom is 0.410 e. The summed E-state index contributed by atoms with van der Waals surface area (Å²) < 4.78 is 12.9. The van der Waals surface area contributed by atoms with Crippen LogP contribution in [0.25, 0.3) is 11.1 Å². The van der Waals surface area contributed by atoms with Crippen molar-refractivity contribution in [2.24, 2.45) is 0 Å². The number of hydrogen-bond acceptors (Lipinski definition) is 5. The van der Waals surface area contributed by atoms with Crippen molar-refractivity contribution in [1.29, 1.82) is 0 Å². The van der Waals surface area contributed by atoms with Crippen molar-refractivity contribution in [3.63, 3.8) is 0 Å². The number of benzene rings is 5. The van der Waals surface area contributed by atoms with Gasteiger partial charge in [0.25, 0.3) is 0 Å². The fourth-order valence-corrected chi connectivity index (χ4v) is 10.2. The summed E-state index contributed by atoms with van der Waals surface area (Å²) in [5.41, 5.74) is 6.32. The quantitative estimate of drug-likeness (QED) is 0.0978. The molecule has 7 nitrogen and oxygen atoms in total. The van der Waals surface area contributed by atoms with E-state index in [1.807, 2.05) is 78.9 Å². The molecule has 0 spiro atoms.